The van der Waals surface area contributed by atoms with E-state index in [1.807, 2.05) is 20.8 Å². The minimum Gasteiger partial charge on any atom is -0.467 e. The van der Waals surface area contributed by atoms with Crippen molar-refractivity contribution >= 4 is 32.8 Å². The van der Waals surface area contributed by atoms with Gasteiger partial charge in [0.25, 0.3) is 10.0 Å². The highest BCUT2D eigenvalue weighted by atomic mass is 32.2. The zero-order chi connectivity index (χ0) is 22.6. The summed E-state index contributed by atoms with van der Waals surface area (Å²) in [5.41, 5.74) is 1.03. The Morgan fingerprint density at radius 2 is 1.84 bits per heavy atom. The molecule has 10 heteroatoms. The van der Waals surface area contributed by atoms with Gasteiger partial charge in [-0.15, -0.1) is 11.3 Å². The van der Waals surface area contributed by atoms with Gasteiger partial charge in [0.1, 0.15) is 6.61 Å². The Balaban J connectivity index is 1.82. The maximum atomic E-state index is 13.0. The molecule has 164 valence electrons. The average molecular weight is 462 g/mol. The van der Waals surface area contributed by atoms with Gasteiger partial charge in [-0.1, -0.05) is 12.1 Å². The first-order chi connectivity index (χ1) is 14.6. The van der Waals surface area contributed by atoms with Crippen LogP contribution in [0, 0.1) is 0 Å². The predicted molar refractivity (Wildman–Crippen MR) is 119 cm³/mol. The number of sulfonamides is 1. The molecule has 0 spiro atoms. The summed E-state index contributed by atoms with van der Waals surface area (Å²) in [4.78, 5) is 21.0. The number of benzene rings is 1. The van der Waals surface area contributed by atoms with Crippen molar-refractivity contribution in [2.45, 2.75) is 31.3 Å². The van der Waals surface area contributed by atoms with E-state index in [1.165, 1.54) is 19.2 Å². The van der Waals surface area contributed by atoms with Crippen LogP contribution in [0.15, 0.2) is 53.0 Å². The van der Waals surface area contributed by atoms with Crippen LogP contribution < -0.4 is 9.46 Å². The van der Waals surface area contributed by atoms with Gasteiger partial charge < -0.3 is 9.47 Å². The third-order valence-corrected chi connectivity index (χ3v) is 6.41. The molecule has 0 aliphatic carbocycles. The number of hydrogen-bond acceptors (Lipinski definition) is 8. The molecule has 1 N–H and O–H groups in total. The third kappa shape index (κ3) is 5.87. The number of thiophene rings is 1. The van der Waals surface area contributed by atoms with E-state index < -0.39 is 15.6 Å². The van der Waals surface area contributed by atoms with E-state index in [2.05, 4.69) is 14.7 Å². The Morgan fingerprint density at radius 3 is 2.48 bits per heavy atom. The first-order valence-corrected chi connectivity index (χ1v) is 11.7. The number of nitrogens with one attached hydrogen (secondary N) is 1. The van der Waals surface area contributed by atoms with E-state index >= 15 is 0 Å². The van der Waals surface area contributed by atoms with E-state index in [1.54, 1.807) is 36.0 Å². The number of carbonyl (C=O) groups excluding carboxylic acids is 1. The number of ketones is 1. The molecule has 0 saturated carbocycles. The molecule has 0 atom stereocenters. The highest BCUT2D eigenvalue weighted by Gasteiger charge is 2.22. The van der Waals surface area contributed by atoms with Gasteiger partial charge in [0, 0.05) is 18.0 Å². The zero-order valence-electron chi connectivity index (χ0n) is 17.6. The lowest BCUT2D eigenvalue weighted by molar-refractivity contribution is 0.00326. The molecule has 0 aliphatic rings. The first-order valence-electron chi connectivity index (χ1n) is 9.33. The summed E-state index contributed by atoms with van der Waals surface area (Å²) in [5.74, 6) is -0.285. The molecular weight excluding hydrogens is 438 g/mol. The van der Waals surface area contributed by atoms with Crippen LogP contribution in [0.25, 0.3) is 11.1 Å². The number of hydrogen-bond donors (Lipinski definition) is 1. The Morgan fingerprint density at radius 1 is 1.13 bits per heavy atom. The predicted octanol–water partition coefficient (Wildman–Crippen LogP) is 4.01. The molecule has 0 aliphatic heterocycles. The van der Waals surface area contributed by atoms with Gasteiger partial charge in [0.05, 0.1) is 28.2 Å². The second-order valence-electron chi connectivity index (χ2n) is 7.58. The van der Waals surface area contributed by atoms with Crippen molar-refractivity contribution in [2.24, 2.45) is 0 Å². The van der Waals surface area contributed by atoms with Crippen LogP contribution >= 0.6 is 11.3 Å². The number of ether oxygens (including phenoxy) is 2. The van der Waals surface area contributed by atoms with Crippen molar-refractivity contribution in [3.63, 3.8) is 0 Å². The number of aromatic nitrogens is 2. The summed E-state index contributed by atoms with van der Waals surface area (Å²) >= 11 is 1.16. The maximum absolute atomic E-state index is 13.0. The molecule has 0 unspecified atom stereocenters. The molecule has 0 amide bonds. The Bertz CT molecular complexity index is 1170. The van der Waals surface area contributed by atoms with E-state index in [0.717, 1.165) is 11.3 Å². The van der Waals surface area contributed by atoms with Gasteiger partial charge in [0.2, 0.25) is 5.78 Å². The first kappa shape index (κ1) is 22.9. The van der Waals surface area contributed by atoms with E-state index in [9.17, 15) is 13.2 Å². The molecule has 3 aromatic rings. The fourth-order valence-electron chi connectivity index (χ4n) is 2.57. The van der Waals surface area contributed by atoms with E-state index in [0.29, 0.717) is 16.0 Å². The molecule has 0 bridgehead atoms. The summed E-state index contributed by atoms with van der Waals surface area (Å²) in [6.45, 7) is 5.41. The van der Waals surface area contributed by atoms with Crippen molar-refractivity contribution in [3.8, 4) is 17.1 Å². The average Bonchev–Trinajstić information content (AvgIpc) is 3.19. The summed E-state index contributed by atoms with van der Waals surface area (Å²) in [6.07, 6.45) is 3.10. The Kier molecular flexibility index (Phi) is 6.73. The standard InChI is InChI=1S/C21H23N3O5S2/c1-21(2,3)29-13-18(25)19-17(8-9-30-19)24-31(26,27)16-7-5-6-14(10-16)15-11-22-20(28-4)23-12-15/h5-12,24H,13H2,1-4H3. The van der Waals surface area contributed by atoms with Gasteiger partial charge in [-0.25, -0.2) is 18.4 Å². The van der Waals surface area contributed by atoms with Crippen molar-refractivity contribution in [1.29, 1.82) is 0 Å². The van der Waals surface area contributed by atoms with Gasteiger partial charge in [-0.3, -0.25) is 9.52 Å². The fourth-order valence-corrected chi connectivity index (χ4v) is 4.53. The number of rotatable bonds is 8. The number of Topliss-reactive ketones (excluding diaryl/α,β-unsaturated/α-hetero) is 1. The van der Waals surface area contributed by atoms with Crippen molar-refractivity contribution < 1.29 is 22.7 Å². The summed E-state index contributed by atoms with van der Waals surface area (Å²) in [7, 11) is -2.46. The smallest absolute Gasteiger partial charge is 0.316 e. The van der Waals surface area contributed by atoms with Crippen LogP contribution in [0.3, 0.4) is 0 Å². The maximum Gasteiger partial charge on any atom is 0.316 e. The molecular formula is C21H23N3O5S2. The van der Waals surface area contributed by atoms with Crippen LogP contribution in [0.1, 0.15) is 30.4 Å². The lowest BCUT2D eigenvalue weighted by Crippen LogP contribution is -2.24. The van der Waals surface area contributed by atoms with Gasteiger partial charge in [-0.2, -0.15) is 0 Å². The summed E-state index contributed by atoms with van der Waals surface area (Å²) in [5, 5.41) is 1.66. The molecule has 2 heterocycles. The van der Waals surface area contributed by atoms with Crippen LogP contribution in [0.2, 0.25) is 0 Å². The molecule has 3 rings (SSSR count). The monoisotopic (exact) mass is 461 g/mol. The number of carbonyl (C=O) groups is 1. The minimum atomic E-state index is -3.93. The molecule has 8 nitrogen and oxygen atoms in total. The van der Waals surface area contributed by atoms with Crippen molar-refractivity contribution in [2.75, 3.05) is 18.4 Å². The van der Waals surface area contributed by atoms with Gasteiger partial charge in [-0.05, 0) is 49.9 Å². The number of anilines is 1. The van der Waals surface area contributed by atoms with E-state index in [4.69, 9.17) is 9.47 Å². The Labute approximate surface area is 185 Å². The molecule has 31 heavy (non-hydrogen) atoms. The lowest BCUT2D eigenvalue weighted by Gasteiger charge is -2.18. The minimum absolute atomic E-state index is 0.0522. The largest absolute Gasteiger partial charge is 0.467 e. The number of methoxy groups -OCH3 is 1. The normalized spacial score (nSPS) is 11.9. The molecule has 0 radical (unpaired) electrons. The third-order valence-electron chi connectivity index (χ3n) is 4.09. The second kappa shape index (κ2) is 9.13. The lowest BCUT2D eigenvalue weighted by atomic mass is 10.1. The second-order valence-corrected chi connectivity index (χ2v) is 10.2. The summed E-state index contributed by atoms with van der Waals surface area (Å²) in [6, 6.07) is 8.17. The SMILES string of the molecule is COc1ncc(-c2cccc(S(=O)(=O)Nc3ccsc3C(=O)COC(C)(C)C)c2)cn1. The van der Waals surface area contributed by atoms with Crippen LogP contribution in [0.4, 0.5) is 5.69 Å². The fraction of sp³-hybridized carbons (Fsp3) is 0.286. The topological polar surface area (TPSA) is 107 Å². The van der Waals surface area contributed by atoms with Crippen LogP contribution in [-0.4, -0.2) is 43.5 Å². The highest BCUT2D eigenvalue weighted by molar-refractivity contribution is 7.92. The molecule has 2 aromatic heterocycles. The summed E-state index contributed by atoms with van der Waals surface area (Å²) < 4.78 is 38.9. The van der Waals surface area contributed by atoms with Crippen molar-refractivity contribution in [1.82, 2.24) is 9.97 Å². The van der Waals surface area contributed by atoms with E-state index in [-0.39, 0.29) is 29.0 Å². The van der Waals surface area contributed by atoms with Gasteiger partial charge in [0.15, 0.2) is 0 Å². The highest BCUT2D eigenvalue weighted by Crippen LogP contribution is 2.28. The van der Waals surface area contributed by atoms with Gasteiger partial charge >= 0.3 is 6.01 Å². The Hall–Kier alpha value is -2.82. The molecule has 0 fully saturated rings. The quantitative estimate of drug-likeness (QED) is 0.505. The zero-order valence-corrected chi connectivity index (χ0v) is 19.2. The molecule has 0 saturated heterocycles. The van der Waals surface area contributed by atoms with Crippen LogP contribution in [0.5, 0.6) is 6.01 Å². The van der Waals surface area contributed by atoms with Crippen LogP contribution in [-0.2, 0) is 14.8 Å². The van der Waals surface area contributed by atoms with Crippen molar-refractivity contribution in [3.05, 3.63) is 53.0 Å². The molecule has 1 aromatic carbocycles. The number of nitrogens with zero attached hydrogens (tertiary/aromatic N) is 2.